The van der Waals surface area contributed by atoms with Crippen molar-refractivity contribution in [3.8, 4) is 0 Å². The molecule has 0 aliphatic carbocycles. The van der Waals surface area contributed by atoms with Gasteiger partial charge in [-0.05, 0) is 23.3 Å². The summed E-state index contributed by atoms with van der Waals surface area (Å²) in [6, 6.07) is 4.04. The van der Waals surface area contributed by atoms with Gasteiger partial charge in [-0.15, -0.1) is 0 Å². The third kappa shape index (κ3) is 1.94. The van der Waals surface area contributed by atoms with Crippen LogP contribution >= 0.6 is 0 Å². The molecule has 1 aliphatic heterocycles. The Labute approximate surface area is 92.7 Å². The number of hydrogen-bond acceptors (Lipinski definition) is 1. The van der Waals surface area contributed by atoms with Gasteiger partial charge in [0.2, 0.25) is 0 Å². The minimum atomic E-state index is -4.25. The van der Waals surface area contributed by atoms with Crippen LogP contribution in [0, 0.1) is 0 Å². The summed E-state index contributed by atoms with van der Waals surface area (Å²) in [7, 11) is 0. The molecule has 0 spiro atoms. The van der Waals surface area contributed by atoms with Gasteiger partial charge in [0.25, 0.3) is 0 Å². The van der Waals surface area contributed by atoms with Gasteiger partial charge in [0.05, 0.1) is 5.56 Å². The van der Waals surface area contributed by atoms with E-state index in [-0.39, 0.29) is 5.41 Å². The lowest BCUT2D eigenvalue weighted by molar-refractivity contribution is -0.137. The van der Waals surface area contributed by atoms with E-state index in [4.69, 9.17) is 0 Å². The molecule has 2 rings (SSSR count). The van der Waals surface area contributed by atoms with Crippen molar-refractivity contribution in [3.05, 3.63) is 34.9 Å². The molecule has 16 heavy (non-hydrogen) atoms. The van der Waals surface area contributed by atoms with Crippen LogP contribution in [0.5, 0.6) is 0 Å². The summed E-state index contributed by atoms with van der Waals surface area (Å²) in [4.78, 5) is 0. The lowest BCUT2D eigenvalue weighted by Gasteiger charge is -2.33. The molecule has 1 N–H and O–H groups in total. The van der Waals surface area contributed by atoms with Gasteiger partial charge >= 0.3 is 6.18 Å². The molecule has 1 aromatic carbocycles. The molecule has 0 amide bonds. The van der Waals surface area contributed by atoms with Gasteiger partial charge in [-0.1, -0.05) is 19.9 Å². The fraction of sp³-hybridized carbons (Fsp3) is 0.500. The summed E-state index contributed by atoms with van der Waals surface area (Å²) in [6.45, 7) is 5.38. The van der Waals surface area contributed by atoms with Gasteiger partial charge in [-0.2, -0.15) is 13.2 Å². The van der Waals surface area contributed by atoms with E-state index >= 15 is 0 Å². The van der Waals surface area contributed by atoms with Gasteiger partial charge in [0.15, 0.2) is 0 Å². The van der Waals surface area contributed by atoms with Crippen molar-refractivity contribution in [1.29, 1.82) is 0 Å². The highest BCUT2D eigenvalue weighted by molar-refractivity contribution is 5.39. The van der Waals surface area contributed by atoms with Gasteiger partial charge in [0.1, 0.15) is 0 Å². The fourth-order valence-electron chi connectivity index (χ4n) is 2.18. The third-order valence-electron chi connectivity index (χ3n) is 3.04. The number of rotatable bonds is 0. The molecule has 0 aromatic heterocycles. The largest absolute Gasteiger partial charge is 0.416 e. The summed E-state index contributed by atoms with van der Waals surface area (Å²) in [5.41, 5.74) is 1.11. The molecule has 0 fully saturated rings. The minimum Gasteiger partial charge on any atom is -0.312 e. The monoisotopic (exact) mass is 229 g/mol. The van der Waals surface area contributed by atoms with Gasteiger partial charge in [-0.25, -0.2) is 0 Å². The summed E-state index contributed by atoms with van der Waals surface area (Å²) in [5, 5.41) is 3.14. The Bertz CT molecular complexity index is 407. The first kappa shape index (κ1) is 11.5. The Hall–Kier alpha value is -1.03. The second-order valence-electron chi connectivity index (χ2n) is 4.86. The van der Waals surface area contributed by atoms with Crippen molar-refractivity contribution in [3.63, 3.8) is 0 Å². The maximum Gasteiger partial charge on any atom is 0.416 e. The summed E-state index contributed by atoms with van der Waals surface area (Å²) in [6.07, 6.45) is -4.25. The quantitative estimate of drug-likeness (QED) is 0.720. The zero-order chi connectivity index (χ0) is 12.0. The van der Waals surface area contributed by atoms with E-state index in [0.29, 0.717) is 6.54 Å². The second kappa shape index (κ2) is 3.48. The van der Waals surface area contributed by atoms with Crippen LogP contribution in [0.4, 0.5) is 13.2 Å². The minimum absolute atomic E-state index is 0.0995. The van der Waals surface area contributed by atoms with E-state index < -0.39 is 11.7 Å². The maximum absolute atomic E-state index is 12.5. The van der Waals surface area contributed by atoms with Crippen LogP contribution < -0.4 is 5.32 Å². The molecule has 0 atom stereocenters. The highest BCUT2D eigenvalue weighted by Crippen LogP contribution is 2.35. The highest BCUT2D eigenvalue weighted by Gasteiger charge is 2.33. The van der Waals surface area contributed by atoms with Crippen LogP contribution in [0.25, 0.3) is 0 Å². The van der Waals surface area contributed by atoms with E-state index in [1.54, 1.807) is 6.07 Å². The average Bonchev–Trinajstić information content (AvgIpc) is 2.15. The Kier molecular flexibility index (Phi) is 2.49. The molecule has 1 aliphatic rings. The van der Waals surface area contributed by atoms with E-state index in [1.807, 2.05) is 13.8 Å². The zero-order valence-corrected chi connectivity index (χ0v) is 9.28. The van der Waals surface area contributed by atoms with Crippen molar-refractivity contribution in [1.82, 2.24) is 5.32 Å². The molecule has 0 bridgehead atoms. The number of fused-ring (bicyclic) bond motifs is 1. The van der Waals surface area contributed by atoms with Crippen LogP contribution in [0.3, 0.4) is 0 Å². The topological polar surface area (TPSA) is 12.0 Å². The number of hydrogen-bond donors (Lipinski definition) is 1. The Balaban J connectivity index is 2.48. The molecule has 1 aromatic rings. The molecule has 1 heterocycles. The standard InChI is InChI=1S/C12H14F3N/c1-11(2)7-16-6-8-5-9(12(13,14)15)3-4-10(8)11/h3-5,16H,6-7H2,1-2H3. The molecule has 0 radical (unpaired) electrons. The predicted octanol–water partition coefficient (Wildman–Crippen LogP) is 3.09. The fourth-order valence-corrected chi connectivity index (χ4v) is 2.18. The van der Waals surface area contributed by atoms with Crippen LogP contribution in [-0.2, 0) is 18.1 Å². The first-order chi connectivity index (χ1) is 7.31. The number of benzene rings is 1. The van der Waals surface area contributed by atoms with Crippen molar-refractivity contribution < 1.29 is 13.2 Å². The molecular weight excluding hydrogens is 215 g/mol. The van der Waals surface area contributed by atoms with Crippen molar-refractivity contribution in [2.45, 2.75) is 32.0 Å². The van der Waals surface area contributed by atoms with Gasteiger partial charge in [-0.3, -0.25) is 0 Å². The summed E-state index contributed by atoms with van der Waals surface area (Å²) >= 11 is 0. The van der Waals surface area contributed by atoms with E-state index in [2.05, 4.69) is 5.32 Å². The third-order valence-corrected chi connectivity index (χ3v) is 3.04. The molecule has 1 nitrogen and oxygen atoms in total. The van der Waals surface area contributed by atoms with Crippen LogP contribution in [-0.4, -0.2) is 6.54 Å². The Morgan fingerprint density at radius 2 is 1.94 bits per heavy atom. The summed E-state index contributed by atoms with van der Waals surface area (Å²) in [5.74, 6) is 0. The highest BCUT2D eigenvalue weighted by atomic mass is 19.4. The molecule has 88 valence electrons. The van der Waals surface area contributed by atoms with Gasteiger partial charge < -0.3 is 5.32 Å². The van der Waals surface area contributed by atoms with Crippen LogP contribution in [0.2, 0.25) is 0 Å². The normalized spacial score (nSPS) is 19.3. The Morgan fingerprint density at radius 3 is 2.56 bits per heavy atom. The van der Waals surface area contributed by atoms with E-state index in [9.17, 15) is 13.2 Å². The first-order valence-corrected chi connectivity index (χ1v) is 5.22. The van der Waals surface area contributed by atoms with Crippen molar-refractivity contribution >= 4 is 0 Å². The van der Waals surface area contributed by atoms with E-state index in [0.717, 1.165) is 17.7 Å². The maximum atomic E-state index is 12.5. The van der Waals surface area contributed by atoms with E-state index in [1.165, 1.54) is 12.1 Å². The molecule has 0 saturated carbocycles. The summed E-state index contributed by atoms with van der Waals surface area (Å²) < 4.78 is 37.6. The SMILES string of the molecule is CC1(C)CNCc2cc(C(F)(F)F)ccc21. The number of halogens is 3. The molecule has 0 saturated heterocycles. The van der Waals surface area contributed by atoms with Crippen molar-refractivity contribution in [2.75, 3.05) is 6.54 Å². The first-order valence-electron chi connectivity index (χ1n) is 5.22. The molecular formula is C12H14F3N. The van der Waals surface area contributed by atoms with Crippen molar-refractivity contribution in [2.24, 2.45) is 0 Å². The molecule has 0 unspecified atom stereocenters. The number of alkyl halides is 3. The lowest BCUT2D eigenvalue weighted by atomic mass is 9.79. The van der Waals surface area contributed by atoms with Crippen LogP contribution in [0.15, 0.2) is 18.2 Å². The average molecular weight is 229 g/mol. The lowest BCUT2D eigenvalue weighted by Crippen LogP contribution is -2.38. The molecule has 4 heteroatoms. The Morgan fingerprint density at radius 1 is 1.25 bits per heavy atom. The van der Waals surface area contributed by atoms with Gasteiger partial charge in [0, 0.05) is 18.5 Å². The zero-order valence-electron chi connectivity index (χ0n) is 9.28. The predicted molar refractivity (Wildman–Crippen MR) is 56.2 cm³/mol. The van der Waals surface area contributed by atoms with Crippen LogP contribution in [0.1, 0.15) is 30.5 Å². The second-order valence-corrected chi connectivity index (χ2v) is 4.86. The smallest absolute Gasteiger partial charge is 0.312 e. The number of nitrogens with one attached hydrogen (secondary N) is 1.